The summed E-state index contributed by atoms with van der Waals surface area (Å²) in [5.74, 6) is 1.70. The lowest BCUT2D eigenvalue weighted by molar-refractivity contribution is 0.415. The number of fused-ring (bicyclic) bond motifs is 1. The molecule has 3 aromatic rings. The first kappa shape index (κ1) is 12.2. The molecule has 5 nitrogen and oxygen atoms in total. The lowest BCUT2D eigenvalue weighted by Crippen LogP contribution is -1.96. The van der Waals surface area contributed by atoms with Crippen molar-refractivity contribution in [1.82, 2.24) is 9.97 Å². The Morgan fingerprint density at radius 3 is 2.60 bits per heavy atom. The third kappa shape index (κ3) is 2.33. The Kier molecular flexibility index (Phi) is 3.09. The number of hydrogen-bond acceptors (Lipinski definition) is 5. The second-order valence-corrected chi connectivity index (χ2v) is 4.28. The first-order valence-electron chi connectivity index (χ1n) is 6.11. The van der Waals surface area contributed by atoms with Crippen molar-refractivity contribution in [1.29, 1.82) is 0 Å². The Labute approximate surface area is 115 Å². The van der Waals surface area contributed by atoms with Gasteiger partial charge in [0.15, 0.2) is 0 Å². The fourth-order valence-corrected chi connectivity index (χ4v) is 1.94. The third-order valence-corrected chi connectivity index (χ3v) is 2.97. The van der Waals surface area contributed by atoms with Crippen LogP contribution in [0.4, 0.5) is 11.5 Å². The number of benzene rings is 2. The number of methoxy groups -OCH3 is 1. The average Bonchev–Trinajstić information content (AvgIpc) is 2.49. The highest BCUT2D eigenvalue weighted by atomic mass is 16.5. The molecule has 1 heterocycles. The van der Waals surface area contributed by atoms with Crippen molar-refractivity contribution in [3.63, 3.8) is 0 Å². The van der Waals surface area contributed by atoms with Crippen molar-refractivity contribution in [3.05, 3.63) is 48.8 Å². The maximum Gasteiger partial charge on any atom is 0.141 e. The van der Waals surface area contributed by atoms with Crippen LogP contribution in [-0.2, 0) is 0 Å². The zero-order valence-corrected chi connectivity index (χ0v) is 10.9. The number of aromatic nitrogens is 2. The molecule has 1 aromatic heterocycles. The van der Waals surface area contributed by atoms with Gasteiger partial charge in [0.2, 0.25) is 0 Å². The minimum Gasteiger partial charge on any atom is -0.508 e. The molecule has 0 aliphatic rings. The molecule has 100 valence electrons. The molecule has 0 aliphatic carbocycles. The van der Waals surface area contributed by atoms with E-state index in [9.17, 15) is 5.11 Å². The summed E-state index contributed by atoms with van der Waals surface area (Å²) in [5, 5.41) is 13.4. The highest BCUT2D eigenvalue weighted by Crippen LogP contribution is 2.26. The Bertz CT molecular complexity index is 742. The Morgan fingerprint density at radius 2 is 1.85 bits per heavy atom. The molecule has 0 unspecified atom stereocenters. The van der Waals surface area contributed by atoms with Crippen molar-refractivity contribution in [3.8, 4) is 11.5 Å². The van der Waals surface area contributed by atoms with E-state index < -0.39 is 0 Å². The molecule has 20 heavy (non-hydrogen) atoms. The van der Waals surface area contributed by atoms with Gasteiger partial charge in [-0.1, -0.05) is 0 Å². The molecule has 0 spiro atoms. The van der Waals surface area contributed by atoms with Gasteiger partial charge in [-0.3, -0.25) is 0 Å². The summed E-state index contributed by atoms with van der Waals surface area (Å²) in [7, 11) is 1.62. The molecular formula is C15H13N3O2. The number of ether oxygens (including phenoxy) is 1. The number of hydrogen-bond donors (Lipinski definition) is 2. The summed E-state index contributed by atoms with van der Waals surface area (Å²) in [6.45, 7) is 0. The molecule has 2 N–H and O–H groups in total. The Morgan fingerprint density at radius 1 is 1.05 bits per heavy atom. The fraction of sp³-hybridized carbons (Fsp3) is 0.0667. The molecular weight excluding hydrogens is 254 g/mol. The number of aromatic hydroxyl groups is 1. The van der Waals surface area contributed by atoms with Gasteiger partial charge in [-0.15, -0.1) is 0 Å². The largest absolute Gasteiger partial charge is 0.508 e. The van der Waals surface area contributed by atoms with Crippen LogP contribution in [0.2, 0.25) is 0 Å². The molecule has 0 fully saturated rings. The minimum absolute atomic E-state index is 0.229. The van der Waals surface area contributed by atoms with Gasteiger partial charge >= 0.3 is 0 Å². The summed E-state index contributed by atoms with van der Waals surface area (Å²) in [5.41, 5.74) is 1.65. The standard InChI is InChI=1S/C15H13N3O2/c1-20-12-6-7-13-14(8-12)16-9-17-15(13)18-10-2-4-11(19)5-3-10/h2-9,19H,1H3,(H,16,17,18). The van der Waals surface area contributed by atoms with Crippen LogP contribution < -0.4 is 10.1 Å². The van der Waals surface area contributed by atoms with Crippen molar-refractivity contribution < 1.29 is 9.84 Å². The van der Waals surface area contributed by atoms with Crippen LogP contribution in [0.3, 0.4) is 0 Å². The predicted octanol–water partition coefficient (Wildman–Crippen LogP) is 3.09. The van der Waals surface area contributed by atoms with Crippen LogP contribution in [0.5, 0.6) is 11.5 Å². The second-order valence-electron chi connectivity index (χ2n) is 4.28. The van der Waals surface area contributed by atoms with Gasteiger partial charge in [-0.05, 0) is 36.4 Å². The number of phenolic OH excluding ortho intramolecular Hbond substituents is 1. The van der Waals surface area contributed by atoms with Gasteiger partial charge in [0.1, 0.15) is 23.6 Å². The highest BCUT2D eigenvalue weighted by Gasteiger charge is 2.05. The maximum absolute atomic E-state index is 9.28. The van der Waals surface area contributed by atoms with Crippen LogP contribution in [0.25, 0.3) is 10.9 Å². The monoisotopic (exact) mass is 267 g/mol. The molecule has 0 saturated carbocycles. The summed E-state index contributed by atoms with van der Waals surface area (Å²) in [6.07, 6.45) is 1.50. The van der Waals surface area contributed by atoms with E-state index in [4.69, 9.17) is 4.74 Å². The van der Waals surface area contributed by atoms with E-state index in [-0.39, 0.29) is 5.75 Å². The lowest BCUT2D eigenvalue weighted by atomic mass is 10.2. The molecule has 5 heteroatoms. The quantitative estimate of drug-likeness (QED) is 0.714. The zero-order valence-electron chi connectivity index (χ0n) is 10.9. The fourth-order valence-electron chi connectivity index (χ4n) is 1.94. The molecule has 2 aromatic carbocycles. The van der Waals surface area contributed by atoms with E-state index in [0.717, 1.165) is 22.3 Å². The van der Waals surface area contributed by atoms with Crippen LogP contribution >= 0.6 is 0 Å². The van der Waals surface area contributed by atoms with Crippen molar-refractivity contribution >= 4 is 22.4 Å². The number of rotatable bonds is 3. The highest BCUT2D eigenvalue weighted by molar-refractivity contribution is 5.91. The molecule has 0 saturated heterocycles. The van der Waals surface area contributed by atoms with Crippen molar-refractivity contribution in [2.45, 2.75) is 0 Å². The van der Waals surface area contributed by atoms with Crippen molar-refractivity contribution in [2.24, 2.45) is 0 Å². The average molecular weight is 267 g/mol. The summed E-state index contributed by atoms with van der Waals surface area (Å²) in [4.78, 5) is 8.49. The van der Waals surface area contributed by atoms with Gasteiger partial charge in [0.05, 0.1) is 12.6 Å². The van der Waals surface area contributed by atoms with Gasteiger partial charge < -0.3 is 15.2 Å². The topological polar surface area (TPSA) is 67.3 Å². The number of nitrogens with one attached hydrogen (secondary N) is 1. The summed E-state index contributed by atoms with van der Waals surface area (Å²) in [6, 6.07) is 12.5. The minimum atomic E-state index is 0.229. The SMILES string of the molecule is COc1ccc2c(Nc3ccc(O)cc3)ncnc2c1. The van der Waals surface area contributed by atoms with Gasteiger partial charge in [-0.2, -0.15) is 0 Å². The smallest absolute Gasteiger partial charge is 0.141 e. The van der Waals surface area contributed by atoms with E-state index in [1.807, 2.05) is 18.2 Å². The molecule has 0 atom stereocenters. The summed E-state index contributed by atoms with van der Waals surface area (Å²) < 4.78 is 5.19. The maximum atomic E-state index is 9.28. The van der Waals surface area contributed by atoms with Gasteiger partial charge in [0, 0.05) is 17.1 Å². The number of phenols is 1. The second kappa shape index (κ2) is 5.05. The number of anilines is 2. The van der Waals surface area contributed by atoms with Crippen molar-refractivity contribution in [2.75, 3.05) is 12.4 Å². The molecule has 0 amide bonds. The van der Waals surface area contributed by atoms with E-state index in [2.05, 4.69) is 15.3 Å². The van der Waals surface area contributed by atoms with E-state index in [1.165, 1.54) is 6.33 Å². The first-order valence-corrected chi connectivity index (χ1v) is 6.11. The van der Waals surface area contributed by atoms with Crippen LogP contribution in [-0.4, -0.2) is 22.2 Å². The first-order chi connectivity index (χ1) is 9.76. The Balaban J connectivity index is 2.01. The zero-order chi connectivity index (χ0) is 13.9. The molecule has 3 rings (SSSR count). The normalized spacial score (nSPS) is 10.4. The predicted molar refractivity (Wildman–Crippen MR) is 77.5 cm³/mol. The van der Waals surface area contributed by atoms with Crippen LogP contribution in [0, 0.1) is 0 Å². The van der Waals surface area contributed by atoms with Crippen LogP contribution in [0.15, 0.2) is 48.8 Å². The van der Waals surface area contributed by atoms with E-state index in [1.54, 1.807) is 31.4 Å². The third-order valence-electron chi connectivity index (χ3n) is 2.97. The number of nitrogens with zero attached hydrogens (tertiary/aromatic N) is 2. The molecule has 0 radical (unpaired) electrons. The lowest BCUT2D eigenvalue weighted by Gasteiger charge is -2.09. The molecule has 0 aliphatic heterocycles. The van der Waals surface area contributed by atoms with E-state index >= 15 is 0 Å². The van der Waals surface area contributed by atoms with Crippen LogP contribution in [0.1, 0.15) is 0 Å². The van der Waals surface area contributed by atoms with Gasteiger partial charge in [-0.25, -0.2) is 9.97 Å². The molecule has 0 bridgehead atoms. The summed E-state index contributed by atoms with van der Waals surface area (Å²) >= 11 is 0. The van der Waals surface area contributed by atoms with E-state index in [0.29, 0.717) is 5.82 Å². The van der Waals surface area contributed by atoms with Gasteiger partial charge in [0.25, 0.3) is 0 Å². The Hall–Kier alpha value is -2.82.